The Labute approximate surface area is 83.6 Å². The van der Waals surface area contributed by atoms with Crippen LogP contribution in [0.25, 0.3) is 0 Å². The van der Waals surface area contributed by atoms with E-state index in [-0.39, 0.29) is 12.4 Å². The molecule has 0 radical (unpaired) electrons. The Hall–Kier alpha value is -1.28. The zero-order valence-corrected chi connectivity index (χ0v) is 7.95. The van der Waals surface area contributed by atoms with E-state index in [0.717, 1.165) is 6.54 Å². The highest BCUT2D eigenvalue weighted by atomic mass is 35.5. The Morgan fingerprint density at radius 2 is 1.92 bits per heavy atom. The number of benzene rings is 1. The smallest absolute Gasteiger partial charge is 0.0949 e. The van der Waals surface area contributed by atoms with Gasteiger partial charge in [0.05, 0.1) is 6.33 Å². The van der Waals surface area contributed by atoms with Gasteiger partial charge in [-0.1, -0.05) is 30.3 Å². The van der Waals surface area contributed by atoms with Crippen molar-refractivity contribution in [2.24, 2.45) is 0 Å². The second kappa shape index (κ2) is 4.67. The molecular formula is C10H11ClN2. The standard InChI is InChI=1S/C10H10N2.ClH/c1-2-4-10(5-3-1)8-12-7-6-11-9-12;/h1-7,9H,8H2;1H. The van der Waals surface area contributed by atoms with E-state index in [1.165, 1.54) is 5.56 Å². The molecule has 0 bridgehead atoms. The predicted octanol–water partition coefficient (Wildman–Crippen LogP) is 2.35. The van der Waals surface area contributed by atoms with Gasteiger partial charge in [-0.05, 0) is 5.56 Å². The van der Waals surface area contributed by atoms with Gasteiger partial charge in [-0.3, -0.25) is 0 Å². The molecule has 0 N–H and O–H groups in total. The molecule has 0 spiro atoms. The molecule has 1 aromatic heterocycles. The summed E-state index contributed by atoms with van der Waals surface area (Å²) in [6, 6.07) is 10.3. The number of hydrogen-bond acceptors (Lipinski definition) is 1. The summed E-state index contributed by atoms with van der Waals surface area (Å²) in [7, 11) is 0. The first-order chi connectivity index (χ1) is 5.95. The zero-order chi connectivity index (χ0) is 8.23. The van der Waals surface area contributed by atoms with Crippen LogP contribution in [0.15, 0.2) is 49.1 Å². The second-order valence-corrected chi connectivity index (χ2v) is 2.72. The van der Waals surface area contributed by atoms with Crippen LogP contribution in [-0.2, 0) is 6.54 Å². The lowest BCUT2D eigenvalue weighted by Gasteiger charge is -2.00. The van der Waals surface area contributed by atoms with Crippen LogP contribution in [0.4, 0.5) is 0 Å². The maximum atomic E-state index is 3.98. The van der Waals surface area contributed by atoms with Crippen molar-refractivity contribution in [2.75, 3.05) is 0 Å². The summed E-state index contributed by atoms with van der Waals surface area (Å²) in [5.74, 6) is 0. The maximum Gasteiger partial charge on any atom is 0.0949 e. The van der Waals surface area contributed by atoms with E-state index in [9.17, 15) is 0 Å². The zero-order valence-electron chi connectivity index (χ0n) is 7.13. The first-order valence-corrected chi connectivity index (χ1v) is 3.95. The molecular weight excluding hydrogens is 184 g/mol. The van der Waals surface area contributed by atoms with Gasteiger partial charge in [0, 0.05) is 18.9 Å². The molecule has 0 saturated heterocycles. The molecule has 0 atom stereocenters. The Bertz CT molecular complexity index is 329. The third kappa shape index (κ3) is 2.60. The molecule has 68 valence electrons. The van der Waals surface area contributed by atoms with Crippen molar-refractivity contribution < 1.29 is 0 Å². The minimum Gasteiger partial charge on any atom is -0.333 e. The summed E-state index contributed by atoms with van der Waals surface area (Å²) < 4.78 is 2.05. The van der Waals surface area contributed by atoms with Crippen LogP contribution in [0.1, 0.15) is 5.56 Å². The van der Waals surface area contributed by atoms with Crippen molar-refractivity contribution in [1.29, 1.82) is 0 Å². The molecule has 2 nitrogen and oxygen atoms in total. The summed E-state index contributed by atoms with van der Waals surface area (Å²) in [5, 5.41) is 0. The lowest BCUT2D eigenvalue weighted by Crippen LogP contribution is -1.95. The highest BCUT2D eigenvalue weighted by molar-refractivity contribution is 5.85. The molecule has 0 aliphatic rings. The van der Waals surface area contributed by atoms with Gasteiger partial charge in [0.1, 0.15) is 0 Å². The SMILES string of the molecule is Cl.c1ccc(Cn2ccnc2)cc1. The largest absolute Gasteiger partial charge is 0.333 e. The molecule has 13 heavy (non-hydrogen) atoms. The van der Waals surface area contributed by atoms with Gasteiger partial charge >= 0.3 is 0 Å². The van der Waals surface area contributed by atoms with E-state index in [1.807, 2.05) is 30.7 Å². The van der Waals surface area contributed by atoms with Gasteiger partial charge in [0.25, 0.3) is 0 Å². The molecule has 2 rings (SSSR count). The third-order valence-corrected chi connectivity index (χ3v) is 1.77. The highest BCUT2D eigenvalue weighted by Gasteiger charge is 1.91. The fraction of sp³-hybridized carbons (Fsp3) is 0.100. The molecule has 0 unspecified atom stereocenters. The predicted molar refractivity (Wildman–Crippen MR) is 55.0 cm³/mol. The average Bonchev–Trinajstić information content (AvgIpc) is 2.59. The summed E-state index contributed by atoms with van der Waals surface area (Å²) in [5.41, 5.74) is 1.30. The van der Waals surface area contributed by atoms with Crippen LogP contribution in [-0.4, -0.2) is 9.55 Å². The monoisotopic (exact) mass is 194 g/mol. The van der Waals surface area contributed by atoms with Gasteiger partial charge in [-0.2, -0.15) is 0 Å². The van der Waals surface area contributed by atoms with E-state index in [1.54, 1.807) is 6.20 Å². The van der Waals surface area contributed by atoms with E-state index in [0.29, 0.717) is 0 Å². The Morgan fingerprint density at radius 1 is 1.15 bits per heavy atom. The number of rotatable bonds is 2. The Kier molecular flexibility index (Phi) is 3.53. The normalized spacial score (nSPS) is 9.23. The number of aromatic nitrogens is 2. The minimum absolute atomic E-state index is 0. The van der Waals surface area contributed by atoms with Crippen LogP contribution in [0, 0.1) is 0 Å². The fourth-order valence-electron chi connectivity index (χ4n) is 1.17. The van der Waals surface area contributed by atoms with Crippen molar-refractivity contribution in [3.05, 3.63) is 54.6 Å². The maximum absolute atomic E-state index is 3.98. The van der Waals surface area contributed by atoms with E-state index >= 15 is 0 Å². The summed E-state index contributed by atoms with van der Waals surface area (Å²) >= 11 is 0. The number of hydrogen-bond donors (Lipinski definition) is 0. The van der Waals surface area contributed by atoms with Crippen LogP contribution >= 0.6 is 12.4 Å². The first kappa shape index (κ1) is 9.81. The lowest BCUT2D eigenvalue weighted by atomic mass is 10.2. The minimum atomic E-state index is 0. The molecule has 0 aliphatic heterocycles. The Morgan fingerprint density at radius 3 is 2.54 bits per heavy atom. The molecule has 1 aromatic carbocycles. The van der Waals surface area contributed by atoms with Crippen LogP contribution in [0.5, 0.6) is 0 Å². The summed E-state index contributed by atoms with van der Waals surface area (Å²) in [6.07, 6.45) is 5.59. The molecule has 0 saturated carbocycles. The molecule has 1 heterocycles. The van der Waals surface area contributed by atoms with Gasteiger partial charge in [0.15, 0.2) is 0 Å². The van der Waals surface area contributed by atoms with Crippen molar-refractivity contribution in [3.63, 3.8) is 0 Å². The summed E-state index contributed by atoms with van der Waals surface area (Å²) in [6.45, 7) is 0.904. The van der Waals surface area contributed by atoms with Crippen LogP contribution in [0.2, 0.25) is 0 Å². The van der Waals surface area contributed by atoms with Gasteiger partial charge in [0.2, 0.25) is 0 Å². The van der Waals surface area contributed by atoms with Crippen molar-refractivity contribution >= 4 is 12.4 Å². The molecule has 0 aliphatic carbocycles. The number of imidazole rings is 1. The van der Waals surface area contributed by atoms with Crippen molar-refractivity contribution in [2.45, 2.75) is 6.54 Å². The number of nitrogens with zero attached hydrogens (tertiary/aromatic N) is 2. The van der Waals surface area contributed by atoms with Crippen LogP contribution < -0.4 is 0 Å². The third-order valence-electron chi connectivity index (χ3n) is 1.77. The van der Waals surface area contributed by atoms with E-state index < -0.39 is 0 Å². The second-order valence-electron chi connectivity index (χ2n) is 2.72. The molecule has 0 amide bonds. The van der Waals surface area contributed by atoms with Gasteiger partial charge in [-0.25, -0.2) is 4.98 Å². The highest BCUT2D eigenvalue weighted by Crippen LogP contribution is 2.00. The lowest BCUT2D eigenvalue weighted by molar-refractivity contribution is 0.797. The number of halogens is 1. The first-order valence-electron chi connectivity index (χ1n) is 3.95. The topological polar surface area (TPSA) is 17.8 Å². The summed E-state index contributed by atoms with van der Waals surface area (Å²) in [4.78, 5) is 3.98. The van der Waals surface area contributed by atoms with E-state index in [2.05, 4.69) is 21.7 Å². The Balaban J connectivity index is 0.000000845. The molecule has 2 aromatic rings. The van der Waals surface area contributed by atoms with E-state index in [4.69, 9.17) is 0 Å². The molecule has 3 heteroatoms. The van der Waals surface area contributed by atoms with Gasteiger partial charge in [-0.15, -0.1) is 12.4 Å². The van der Waals surface area contributed by atoms with Crippen LogP contribution in [0.3, 0.4) is 0 Å². The quantitative estimate of drug-likeness (QED) is 0.718. The molecule has 0 fully saturated rings. The van der Waals surface area contributed by atoms with Gasteiger partial charge < -0.3 is 4.57 Å². The van der Waals surface area contributed by atoms with Crippen molar-refractivity contribution in [3.8, 4) is 0 Å². The fourth-order valence-corrected chi connectivity index (χ4v) is 1.17. The van der Waals surface area contributed by atoms with Crippen molar-refractivity contribution in [1.82, 2.24) is 9.55 Å². The average molecular weight is 195 g/mol.